The number of rotatable bonds is 8. The molecule has 2 aliphatic rings. The summed E-state index contributed by atoms with van der Waals surface area (Å²) in [4.78, 5) is 39.8. The number of fused-ring (bicyclic) bond motifs is 4. The summed E-state index contributed by atoms with van der Waals surface area (Å²) < 4.78 is 23.7. The molecule has 4 heterocycles. The van der Waals surface area contributed by atoms with Crippen LogP contribution in [0.25, 0.3) is 0 Å². The Balaban J connectivity index is 1.47. The average Bonchev–Trinajstić information content (AvgIpc) is 2.93. The van der Waals surface area contributed by atoms with E-state index >= 15 is 0 Å². The van der Waals surface area contributed by atoms with E-state index in [1.165, 1.54) is 27.4 Å². The van der Waals surface area contributed by atoms with E-state index in [0.717, 1.165) is 18.7 Å². The maximum absolute atomic E-state index is 12.9. The second kappa shape index (κ2) is 11.0. The maximum Gasteiger partial charge on any atom is 0.306 e. The number of aromatic hydroxyl groups is 1. The first-order chi connectivity index (χ1) is 18.8. The van der Waals surface area contributed by atoms with Crippen molar-refractivity contribution in [3.63, 3.8) is 0 Å². The van der Waals surface area contributed by atoms with Crippen molar-refractivity contribution in [2.75, 3.05) is 34.4 Å². The number of hydrogen-bond acceptors (Lipinski definition) is 9. The van der Waals surface area contributed by atoms with E-state index in [2.05, 4.69) is 4.90 Å². The number of hydrogen-bond donors (Lipinski definition) is 1. The molecule has 2 bridgehead atoms. The molecule has 0 unspecified atom stereocenters. The number of pyridine rings is 1. The summed E-state index contributed by atoms with van der Waals surface area (Å²) in [5, 5.41) is 10.8. The van der Waals surface area contributed by atoms with Crippen LogP contribution in [0, 0.1) is 5.92 Å². The molecule has 2 aromatic heterocycles. The molecule has 0 amide bonds. The van der Waals surface area contributed by atoms with E-state index in [0.29, 0.717) is 48.4 Å². The molecule has 0 saturated carbocycles. The molecule has 5 rings (SSSR count). The molecular weight excluding hydrogens is 504 g/mol. The Morgan fingerprint density at radius 1 is 1.05 bits per heavy atom. The highest BCUT2D eigenvalue weighted by molar-refractivity contribution is 5.71. The van der Waals surface area contributed by atoms with Crippen molar-refractivity contribution in [2.24, 2.45) is 5.92 Å². The van der Waals surface area contributed by atoms with E-state index in [4.69, 9.17) is 18.6 Å². The zero-order chi connectivity index (χ0) is 27.7. The van der Waals surface area contributed by atoms with E-state index in [-0.39, 0.29) is 23.7 Å². The van der Waals surface area contributed by atoms with E-state index < -0.39 is 23.1 Å². The SMILES string of the molecule is COC(=O)C[C@H](c1ccc(OC)c(OC)c1)c1oc(CN2C[C@@H]3C[C@H](C2)c2cccc(=O)n2C3)cc(=O)c1O. The third kappa shape index (κ3) is 5.29. The molecule has 3 atom stereocenters. The zero-order valence-electron chi connectivity index (χ0n) is 22.2. The molecule has 0 radical (unpaired) electrons. The lowest BCUT2D eigenvalue weighted by atomic mass is 9.83. The van der Waals surface area contributed by atoms with Gasteiger partial charge < -0.3 is 28.3 Å². The van der Waals surface area contributed by atoms with Crippen LogP contribution in [-0.4, -0.2) is 55.0 Å². The van der Waals surface area contributed by atoms with Crippen molar-refractivity contribution in [1.82, 2.24) is 9.47 Å². The Labute approximate surface area is 225 Å². The molecule has 10 heteroatoms. The number of esters is 1. The fourth-order valence-electron chi connectivity index (χ4n) is 5.90. The van der Waals surface area contributed by atoms with Crippen molar-refractivity contribution in [3.05, 3.63) is 85.8 Å². The third-order valence-corrected chi connectivity index (χ3v) is 7.66. The molecule has 1 saturated heterocycles. The minimum atomic E-state index is -0.801. The molecule has 39 heavy (non-hydrogen) atoms. The van der Waals surface area contributed by atoms with Crippen LogP contribution in [0.5, 0.6) is 17.2 Å². The van der Waals surface area contributed by atoms with Gasteiger partial charge in [0.15, 0.2) is 17.3 Å². The number of carbonyl (C=O) groups is 1. The summed E-state index contributed by atoms with van der Waals surface area (Å²) in [5.74, 6) is -0.0699. The van der Waals surface area contributed by atoms with E-state index in [9.17, 15) is 19.5 Å². The summed E-state index contributed by atoms with van der Waals surface area (Å²) in [5.41, 5.74) is 1.05. The van der Waals surface area contributed by atoms with Crippen LogP contribution in [0.1, 0.15) is 47.5 Å². The van der Waals surface area contributed by atoms with E-state index in [1.54, 1.807) is 30.3 Å². The lowest BCUT2D eigenvalue weighted by Crippen LogP contribution is -2.46. The van der Waals surface area contributed by atoms with Crippen molar-refractivity contribution < 1.29 is 28.5 Å². The molecule has 1 N–H and O–H groups in total. The highest BCUT2D eigenvalue weighted by Gasteiger charge is 2.35. The molecule has 10 nitrogen and oxygen atoms in total. The number of aromatic nitrogens is 1. The van der Waals surface area contributed by atoms with Gasteiger partial charge in [0, 0.05) is 43.4 Å². The van der Waals surface area contributed by atoms with Crippen molar-refractivity contribution in [1.29, 1.82) is 0 Å². The molecular formula is C29H32N2O8. The van der Waals surface area contributed by atoms with Gasteiger partial charge in [-0.25, -0.2) is 0 Å². The van der Waals surface area contributed by atoms with Crippen LogP contribution in [0.15, 0.2) is 56.5 Å². The van der Waals surface area contributed by atoms with Crippen LogP contribution >= 0.6 is 0 Å². The number of piperidine rings is 1. The van der Waals surface area contributed by atoms with E-state index in [1.807, 2.05) is 10.6 Å². The first-order valence-corrected chi connectivity index (χ1v) is 12.9. The largest absolute Gasteiger partial charge is 0.502 e. The number of carbonyl (C=O) groups excluding carboxylic acids is 1. The molecule has 3 aromatic rings. The zero-order valence-corrected chi connectivity index (χ0v) is 22.2. The van der Waals surface area contributed by atoms with Crippen LogP contribution in [0.3, 0.4) is 0 Å². The lowest BCUT2D eigenvalue weighted by molar-refractivity contribution is -0.140. The van der Waals surface area contributed by atoms with Crippen molar-refractivity contribution >= 4 is 5.97 Å². The minimum Gasteiger partial charge on any atom is -0.502 e. The van der Waals surface area contributed by atoms with Gasteiger partial charge in [-0.2, -0.15) is 0 Å². The molecule has 206 valence electrons. The van der Waals surface area contributed by atoms with Gasteiger partial charge in [0.1, 0.15) is 5.76 Å². The van der Waals surface area contributed by atoms with Crippen LogP contribution in [-0.2, 0) is 22.6 Å². The van der Waals surface area contributed by atoms with Crippen LogP contribution in [0.2, 0.25) is 0 Å². The second-order valence-electron chi connectivity index (χ2n) is 10.1. The first kappa shape index (κ1) is 26.6. The summed E-state index contributed by atoms with van der Waals surface area (Å²) in [7, 11) is 4.29. The van der Waals surface area contributed by atoms with Crippen LogP contribution < -0.4 is 20.5 Å². The molecule has 1 aromatic carbocycles. The summed E-state index contributed by atoms with van der Waals surface area (Å²) >= 11 is 0. The van der Waals surface area contributed by atoms with Gasteiger partial charge in [-0.15, -0.1) is 0 Å². The van der Waals surface area contributed by atoms with Crippen molar-refractivity contribution in [2.45, 2.75) is 37.8 Å². The van der Waals surface area contributed by atoms with Crippen LogP contribution in [0.4, 0.5) is 0 Å². The molecule has 1 fully saturated rings. The average molecular weight is 537 g/mol. The highest BCUT2D eigenvalue weighted by atomic mass is 16.5. The van der Waals surface area contributed by atoms with Gasteiger partial charge >= 0.3 is 5.97 Å². The van der Waals surface area contributed by atoms with Gasteiger partial charge in [-0.3, -0.25) is 19.3 Å². The predicted octanol–water partition coefficient (Wildman–Crippen LogP) is 2.84. The second-order valence-corrected chi connectivity index (χ2v) is 10.1. The molecule has 0 spiro atoms. The van der Waals surface area contributed by atoms with Gasteiger partial charge in [0.05, 0.1) is 40.2 Å². The topological polar surface area (TPSA) is 120 Å². The summed E-state index contributed by atoms with van der Waals surface area (Å²) in [6, 6.07) is 11.8. The monoisotopic (exact) mass is 536 g/mol. The highest BCUT2D eigenvalue weighted by Crippen LogP contribution is 2.39. The molecule has 2 aliphatic heterocycles. The fraction of sp³-hybridized carbons (Fsp3) is 0.414. The number of methoxy groups -OCH3 is 3. The van der Waals surface area contributed by atoms with Gasteiger partial charge in [-0.05, 0) is 36.1 Å². The quantitative estimate of drug-likeness (QED) is 0.433. The Bertz CT molecular complexity index is 1490. The normalized spacial score (nSPS) is 19.2. The van der Waals surface area contributed by atoms with Gasteiger partial charge in [-0.1, -0.05) is 12.1 Å². The number of likely N-dealkylation sites (tertiary alicyclic amines) is 1. The molecule has 0 aliphatic carbocycles. The number of ether oxygens (including phenoxy) is 3. The standard InChI is InChI=1S/C29H32N2O8/c1-36-24-8-7-18(10-25(24)37-2)21(12-27(34)38-3)29-28(35)23(32)11-20(39-29)16-30-13-17-9-19(15-30)22-5-4-6-26(33)31(22)14-17/h4-8,10-11,17,19,21,35H,9,12-16H2,1-3H3/t17-,19+,21+/m0/s1. The lowest BCUT2D eigenvalue weighted by Gasteiger charge is -2.42. The first-order valence-electron chi connectivity index (χ1n) is 12.9. The van der Waals surface area contributed by atoms with Gasteiger partial charge in [0.25, 0.3) is 5.56 Å². The Hall–Kier alpha value is -4.05. The minimum absolute atomic E-state index is 0.00998. The summed E-state index contributed by atoms with van der Waals surface area (Å²) in [6.07, 6.45) is 0.844. The fourth-order valence-corrected chi connectivity index (χ4v) is 5.90. The number of nitrogens with zero attached hydrogens (tertiary/aromatic N) is 2. The maximum atomic E-state index is 12.9. The number of benzene rings is 1. The Morgan fingerprint density at radius 3 is 2.59 bits per heavy atom. The predicted molar refractivity (Wildman–Crippen MR) is 141 cm³/mol. The smallest absolute Gasteiger partial charge is 0.306 e. The summed E-state index contributed by atoms with van der Waals surface area (Å²) in [6.45, 7) is 2.47. The Morgan fingerprint density at radius 2 is 1.85 bits per heavy atom. The van der Waals surface area contributed by atoms with Crippen molar-refractivity contribution in [3.8, 4) is 17.2 Å². The Kier molecular flexibility index (Phi) is 7.47. The third-order valence-electron chi connectivity index (χ3n) is 7.66. The van der Waals surface area contributed by atoms with Gasteiger partial charge in [0.2, 0.25) is 11.2 Å².